The Bertz CT molecular complexity index is 7710. The van der Waals surface area contributed by atoms with Crippen LogP contribution in [0.5, 0.6) is 0 Å². The number of fused-ring (bicyclic) bond motifs is 12. The number of rotatable bonds is 16. The van der Waals surface area contributed by atoms with Crippen LogP contribution in [0.15, 0.2) is 534 Å². The molecule has 0 aliphatic carbocycles. The van der Waals surface area contributed by atoms with Gasteiger partial charge in [-0.1, -0.05) is 326 Å². The molecule has 0 amide bonds. The molecule has 0 aliphatic rings. The van der Waals surface area contributed by atoms with Crippen molar-refractivity contribution < 1.29 is 89.5 Å². The van der Waals surface area contributed by atoms with Gasteiger partial charge in [0.1, 0.15) is 74.1 Å². The van der Waals surface area contributed by atoms with Gasteiger partial charge in [-0.2, -0.15) is 0 Å². The quantitative estimate of drug-likeness (QED) is 0.0398. The first-order valence-electron chi connectivity index (χ1n) is 46.3. The summed E-state index contributed by atoms with van der Waals surface area (Å²) in [6.07, 6.45) is 29.8. The Morgan fingerprint density at radius 3 is 0.648 bits per heavy atom. The summed E-state index contributed by atoms with van der Waals surface area (Å²) < 4.78 is 8.99. The third-order valence-corrected chi connectivity index (χ3v) is 38.9. The van der Waals surface area contributed by atoms with E-state index in [0.717, 1.165) is 105 Å². The molecule has 142 heavy (non-hydrogen) atoms. The average molecular weight is 2630 g/mol. The Balaban J connectivity index is 0.000000128. The SMILES string of the molecule is [Au+].[Au+].[Au+].[Au+].[C-]#Cc1ccc2c(c1)c1ccccc1n2-c1ccccc1.[C-]#Cc1ccc2c3ccccc3n(-c3ccccc3)c2c1.[C-]#Cc1cccc2c1c1ccccc1n2-c1ccccc1.[C-]#Cc1cccc2c1c1ccccc1n2-c1ccccc1.c1ccc([PH+](C[PH+](c2ccccc2)c2ccccc2)c2ccccc2)cc1.c1ccc([PH+](C[PH+](c2ccccc2)c2ccccc2)c2ccccc2)cc1. The van der Waals surface area contributed by atoms with Crippen molar-refractivity contribution in [1.29, 1.82) is 0 Å². The van der Waals surface area contributed by atoms with E-state index >= 15 is 0 Å². The van der Waals surface area contributed by atoms with Crippen molar-refractivity contribution in [1.82, 2.24) is 18.3 Å². The molecule has 0 fully saturated rings. The van der Waals surface area contributed by atoms with Gasteiger partial charge in [0.2, 0.25) is 0 Å². The molecule has 0 spiro atoms. The van der Waals surface area contributed by atoms with Gasteiger partial charge >= 0.3 is 89.5 Å². The maximum absolute atomic E-state index is 7.56. The van der Waals surface area contributed by atoms with Gasteiger partial charge < -0.3 is 44.0 Å². The molecule has 0 aliphatic heterocycles. The zero-order valence-corrected chi connectivity index (χ0v) is 89.9. The monoisotopic (exact) mass is 2620 g/mol. The topological polar surface area (TPSA) is 19.7 Å². The van der Waals surface area contributed by atoms with E-state index in [0.29, 0.717) is 0 Å². The zero-order chi connectivity index (χ0) is 93.6. The summed E-state index contributed by atoms with van der Waals surface area (Å²) in [6.45, 7) is 0. The number of para-hydroxylation sites is 8. The van der Waals surface area contributed by atoms with Crippen LogP contribution < -0.4 is 42.4 Å². The van der Waals surface area contributed by atoms with E-state index in [1.165, 1.54) is 81.4 Å². The predicted octanol–water partition coefficient (Wildman–Crippen LogP) is 28.2. The largest absolute Gasteiger partial charge is 1.00 e. The third-order valence-electron chi connectivity index (χ3n) is 25.0. The van der Waals surface area contributed by atoms with Gasteiger partial charge in [0, 0.05) is 55.5 Å². The van der Waals surface area contributed by atoms with Crippen LogP contribution in [0, 0.1) is 49.4 Å². The van der Waals surface area contributed by atoms with Gasteiger partial charge in [-0.3, -0.25) is 23.7 Å². The molecular formula is C130H96Au4N4P4+4. The van der Waals surface area contributed by atoms with Gasteiger partial charge in [-0.05, 0) is 198 Å². The van der Waals surface area contributed by atoms with Gasteiger partial charge in [-0.15, -0.1) is 58.7 Å². The van der Waals surface area contributed by atoms with Crippen LogP contribution >= 0.6 is 31.7 Å². The van der Waals surface area contributed by atoms with Crippen molar-refractivity contribution in [2.45, 2.75) is 0 Å². The molecule has 4 aromatic heterocycles. The molecule has 0 saturated carbocycles. The molecule has 0 radical (unpaired) electrons. The van der Waals surface area contributed by atoms with E-state index < -0.39 is 31.7 Å². The molecule has 0 bridgehead atoms. The summed E-state index contributed by atoms with van der Waals surface area (Å²) in [6, 6.07) is 188. The Kier molecular flexibility index (Phi) is 36.8. The summed E-state index contributed by atoms with van der Waals surface area (Å²) in [4.78, 5) is 0. The van der Waals surface area contributed by atoms with E-state index in [1.54, 1.807) is 0 Å². The minimum absolute atomic E-state index is 0. The fourth-order valence-corrected chi connectivity index (χ4v) is 34.2. The minimum Gasteiger partial charge on any atom is -0.366 e. The van der Waals surface area contributed by atoms with E-state index in [-0.39, 0.29) is 89.5 Å². The maximum atomic E-state index is 7.56. The molecule has 12 heteroatoms. The summed E-state index contributed by atoms with van der Waals surface area (Å²) in [5.41, 5.74) is 17.0. The molecule has 4 nitrogen and oxygen atoms in total. The van der Waals surface area contributed by atoms with Gasteiger partial charge in [0.05, 0.1) is 27.6 Å². The summed E-state index contributed by atoms with van der Waals surface area (Å²) in [7, 11) is -3.39. The predicted molar refractivity (Wildman–Crippen MR) is 600 cm³/mol. The maximum Gasteiger partial charge on any atom is 1.00 e. The van der Waals surface area contributed by atoms with Crippen LogP contribution in [0.4, 0.5) is 0 Å². The van der Waals surface area contributed by atoms with E-state index in [4.69, 9.17) is 25.7 Å². The Morgan fingerprint density at radius 2 is 0.366 bits per heavy atom. The first-order chi connectivity index (χ1) is 68.4. The molecule has 0 N–H and O–H groups in total. The number of benzene rings is 20. The fraction of sp³-hybridized carbons (Fsp3) is 0.0154. The molecule has 696 valence electrons. The minimum atomic E-state index is -0.847. The summed E-state index contributed by atoms with van der Waals surface area (Å²) >= 11 is 0. The van der Waals surface area contributed by atoms with Crippen LogP contribution in [0.25, 0.3) is 110 Å². The van der Waals surface area contributed by atoms with Gasteiger partial charge in [-0.25, -0.2) is 0 Å². The number of aromatic nitrogens is 4. The van der Waals surface area contributed by atoms with Gasteiger partial charge in [0.15, 0.2) is 11.8 Å². The van der Waals surface area contributed by atoms with Crippen molar-refractivity contribution in [3.63, 3.8) is 0 Å². The third kappa shape index (κ3) is 23.3. The fourth-order valence-electron chi connectivity index (χ4n) is 18.7. The van der Waals surface area contributed by atoms with Gasteiger partial charge in [0.25, 0.3) is 0 Å². The average Bonchev–Trinajstić information content (AvgIpc) is 1.60. The van der Waals surface area contributed by atoms with Crippen LogP contribution in [0.1, 0.15) is 22.3 Å². The molecule has 4 heterocycles. The zero-order valence-electron chi connectivity index (χ0n) is 77.2. The van der Waals surface area contributed by atoms with Crippen molar-refractivity contribution in [3.8, 4) is 46.4 Å². The van der Waals surface area contributed by atoms with Crippen molar-refractivity contribution in [2.24, 2.45) is 0 Å². The number of hydrogen-bond acceptors (Lipinski definition) is 0. The normalized spacial score (nSPS) is 10.6. The molecule has 0 saturated heterocycles. The first-order valence-corrected chi connectivity index (χ1v) is 53.1. The summed E-state index contributed by atoms with van der Waals surface area (Å²) in [5.74, 6) is 12.6. The molecule has 24 aromatic rings. The second kappa shape index (κ2) is 50.8. The molecular weight excluding hydrogens is 2530 g/mol. The van der Waals surface area contributed by atoms with E-state index in [2.05, 4.69) is 454 Å². The van der Waals surface area contributed by atoms with Crippen LogP contribution in [-0.4, -0.2) is 30.1 Å². The van der Waals surface area contributed by atoms with Crippen LogP contribution in [0.2, 0.25) is 0 Å². The second-order valence-electron chi connectivity index (χ2n) is 33.3. The van der Waals surface area contributed by atoms with Crippen LogP contribution in [-0.2, 0) is 89.5 Å². The summed E-state index contributed by atoms with van der Waals surface area (Å²) in [5, 5.41) is 21.3. The van der Waals surface area contributed by atoms with Crippen molar-refractivity contribution in [2.75, 3.05) is 11.8 Å². The van der Waals surface area contributed by atoms with Crippen molar-refractivity contribution in [3.05, 3.63) is 582 Å². The smallest absolute Gasteiger partial charge is 0.366 e. The Hall–Kier alpha value is -13.5. The molecule has 0 atom stereocenters. The van der Waals surface area contributed by atoms with Crippen molar-refractivity contribution >= 4 is 161 Å². The van der Waals surface area contributed by atoms with Crippen LogP contribution in [0.3, 0.4) is 0 Å². The Morgan fingerprint density at radius 1 is 0.162 bits per heavy atom. The van der Waals surface area contributed by atoms with E-state index in [9.17, 15) is 0 Å². The first kappa shape index (κ1) is 103. The number of nitrogens with zero attached hydrogens (tertiary/aromatic N) is 4. The second-order valence-corrected chi connectivity index (χ2v) is 44.6. The molecule has 0 unspecified atom stereocenters. The molecule has 24 rings (SSSR count). The Labute approximate surface area is 900 Å². The standard InChI is InChI=1S/2C25H22P2.4C20H12N.4Au/c2*1-5-13-22(14-6-1)26(23-15-7-2-8-16-23)21-27(24-17-9-3-10-18-24)25-19-11-4-12-20-25;2*1-2-15-9-8-14-19-20(15)17-12-6-7-13-18(17)21(19)16-10-4-3-5-11-16;1-2-15-12-13-20-18(14-15)17-10-6-7-11-19(17)21(20)16-8-4-3-5-9-16;1-2-15-12-13-18-17-10-6-7-11-19(17)21(20(18)14-15)16-8-4-3-5-9-16;;;;/h2*1-20H,21H2;4*3-14H;;;;/q;;4*-1;4*+1/p+4. The number of hydrogen-bond donors (Lipinski definition) is 0. The van der Waals surface area contributed by atoms with E-state index in [1.807, 2.05) is 121 Å². The molecule has 20 aromatic carbocycles.